The van der Waals surface area contributed by atoms with E-state index in [1.807, 2.05) is 35.2 Å². The van der Waals surface area contributed by atoms with Crippen LogP contribution in [0, 0.1) is 0 Å². The molecule has 1 amide bonds. The number of aliphatic hydroxyl groups is 1. The van der Waals surface area contributed by atoms with E-state index < -0.39 is 0 Å². The van der Waals surface area contributed by atoms with Gasteiger partial charge >= 0.3 is 0 Å². The SMILES string of the molecule is CC(O)CN1CC2(C1)CN(C(=O)c1ccccc1)CCO2. The van der Waals surface area contributed by atoms with E-state index >= 15 is 0 Å². The Bertz CT molecular complexity index is 498. The van der Waals surface area contributed by atoms with Crippen molar-refractivity contribution in [3.05, 3.63) is 35.9 Å². The largest absolute Gasteiger partial charge is 0.392 e. The second-order valence-electron chi connectivity index (χ2n) is 6.14. The van der Waals surface area contributed by atoms with Crippen LogP contribution in [0.3, 0.4) is 0 Å². The third-order valence-corrected chi connectivity index (χ3v) is 4.10. The molecule has 0 aliphatic carbocycles. The van der Waals surface area contributed by atoms with Gasteiger partial charge < -0.3 is 14.7 Å². The van der Waals surface area contributed by atoms with Crippen LogP contribution in [0.2, 0.25) is 0 Å². The van der Waals surface area contributed by atoms with Gasteiger partial charge in [-0.15, -0.1) is 0 Å². The molecule has 2 aliphatic heterocycles. The van der Waals surface area contributed by atoms with E-state index in [2.05, 4.69) is 4.90 Å². The maximum atomic E-state index is 12.5. The molecule has 2 heterocycles. The first-order valence-corrected chi connectivity index (χ1v) is 7.47. The summed E-state index contributed by atoms with van der Waals surface area (Å²) in [6.45, 7) is 5.90. The Morgan fingerprint density at radius 3 is 2.71 bits per heavy atom. The minimum absolute atomic E-state index is 0.0762. The summed E-state index contributed by atoms with van der Waals surface area (Å²) in [4.78, 5) is 16.6. The number of hydrogen-bond donors (Lipinski definition) is 1. The predicted octanol–water partition coefficient (Wildman–Crippen LogP) is 0.594. The maximum absolute atomic E-state index is 12.5. The van der Waals surface area contributed by atoms with Crippen molar-refractivity contribution in [2.45, 2.75) is 18.6 Å². The highest BCUT2D eigenvalue weighted by molar-refractivity contribution is 5.94. The molecule has 0 radical (unpaired) electrons. The fourth-order valence-electron chi connectivity index (χ4n) is 3.24. The summed E-state index contributed by atoms with van der Waals surface area (Å²) in [6, 6.07) is 9.39. The van der Waals surface area contributed by atoms with Crippen molar-refractivity contribution >= 4 is 5.91 Å². The van der Waals surface area contributed by atoms with Crippen molar-refractivity contribution in [2.75, 3.05) is 39.3 Å². The Morgan fingerprint density at radius 1 is 1.33 bits per heavy atom. The number of β-amino-alcohol motifs (C(OH)–C–C–N with tert-alkyl or cyclic N) is 1. The fourth-order valence-corrected chi connectivity index (χ4v) is 3.24. The van der Waals surface area contributed by atoms with E-state index in [-0.39, 0.29) is 17.6 Å². The average Bonchev–Trinajstić information content (AvgIpc) is 2.45. The van der Waals surface area contributed by atoms with Crippen molar-refractivity contribution < 1.29 is 14.6 Å². The van der Waals surface area contributed by atoms with Crippen molar-refractivity contribution in [1.29, 1.82) is 0 Å². The Balaban J connectivity index is 1.61. The van der Waals surface area contributed by atoms with Crippen LogP contribution in [-0.4, -0.2) is 71.8 Å². The average molecular weight is 290 g/mol. The van der Waals surface area contributed by atoms with E-state index in [4.69, 9.17) is 4.74 Å². The molecule has 1 atom stereocenters. The van der Waals surface area contributed by atoms with Crippen LogP contribution < -0.4 is 0 Å². The number of morpholine rings is 1. The number of likely N-dealkylation sites (tertiary alicyclic amines) is 1. The van der Waals surface area contributed by atoms with E-state index in [1.54, 1.807) is 6.92 Å². The molecular weight excluding hydrogens is 268 g/mol. The molecule has 1 aromatic rings. The minimum Gasteiger partial charge on any atom is -0.392 e. The van der Waals surface area contributed by atoms with Gasteiger partial charge in [-0.2, -0.15) is 0 Å². The van der Waals surface area contributed by atoms with Gasteiger partial charge in [0.05, 0.1) is 19.3 Å². The molecule has 0 saturated carbocycles. The molecule has 0 aromatic heterocycles. The lowest BCUT2D eigenvalue weighted by molar-refractivity contribution is -0.180. The molecule has 1 aromatic carbocycles. The molecule has 2 fully saturated rings. The summed E-state index contributed by atoms with van der Waals surface area (Å²) in [6.07, 6.45) is -0.326. The van der Waals surface area contributed by atoms with Gasteiger partial charge in [0.15, 0.2) is 0 Å². The van der Waals surface area contributed by atoms with Crippen molar-refractivity contribution in [2.24, 2.45) is 0 Å². The quantitative estimate of drug-likeness (QED) is 0.885. The summed E-state index contributed by atoms with van der Waals surface area (Å²) in [5.41, 5.74) is 0.493. The van der Waals surface area contributed by atoms with Crippen LogP contribution in [-0.2, 0) is 4.74 Å². The van der Waals surface area contributed by atoms with Gasteiger partial charge in [0.2, 0.25) is 0 Å². The zero-order valence-corrected chi connectivity index (χ0v) is 12.4. The third kappa shape index (κ3) is 3.10. The van der Waals surface area contributed by atoms with Crippen molar-refractivity contribution in [3.63, 3.8) is 0 Å². The van der Waals surface area contributed by atoms with Crippen LogP contribution >= 0.6 is 0 Å². The molecule has 5 heteroatoms. The second-order valence-corrected chi connectivity index (χ2v) is 6.14. The molecule has 0 bridgehead atoms. The van der Waals surface area contributed by atoms with E-state index in [0.717, 1.165) is 18.7 Å². The predicted molar refractivity (Wildman–Crippen MR) is 79.1 cm³/mol. The minimum atomic E-state index is -0.326. The van der Waals surface area contributed by atoms with E-state index in [9.17, 15) is 9.90 Å². The van der Waals surface area contributed by atoms with Crippen LogP contribution in [0.5, 0.6) is 0 Å². The van der Waals surface area contributed by atoms with Crippen LogP contribution in [0.1, 0.15) is 17.3 Å². The van der Waals surface area contributed by atoms with Gasteiger partial charge in [0, 0.05) is 31.7 Å². The summed E-state index contributed by atoms with van der Waals surface area (Å²) in [5, 5.41) is 9.42. The maximum Gasteiger partial charge on any atom is 0.254 e. The van der Waals surface area contributed by atoms with Crippen LogP contribution in [0.25, 0.3) is 0 Å². The van der Waals surface area contributed by atoms with E-state index in [1.165, 1.54) is 0 Å². The molecule has 1 N–H and O–H groups in total. The topological polar surface area (TPSA) is 53.0 Å². The number of nitrogens with zero attached hydrogens (tertiary/aromatic N) is 2. The normalized spacial score (nSPS) is 22.9. The highest BCUT2D eigenvalue weighted by Crippen LogP contribution is 2.29. The summed E-state index contributed by atoms with van der Waals surface area (Å²) in [7, 11) is 0. The van der Waals surface area contributed by atoms with Crippen LogP contribution in [0.4, 0.5) is 0 Å². The lowest BCUT2D eigenvalue weighted by Gasteiger charge is -2.54. The Hall–Kier alpha value is -1.43. The number of amides is 1. The smallest absolute Gasteiger partial charge is 0.254 e. The highest BCUT2D eigenvalue weighted by atomic mass is 16.5. The molecule has 1 spiro atoms. The number of carbonyl (C=O) groups excluding carboxylic acids is 1. The Kier molecular flexibility index (Phi) is 3.97. The number of carbonyl (C=O) groups is 1. The number of rotatable bonds is 3. The summed E-state index contributed by atoms with van der Waals surface area (Å²) in [5.74, 6) is 0.0762. The first-order valence-electron chi connectivity index (χ1n) is 7.47. The van der Waals surface area contributed by atoms with Gasteiger partial charge in [0.25, 0.3) is 5.91 Å². The molecule has 2 saturated heterocycles. The first-order chi connectivity index (χ1) is 10.1. The summed E-state index contributed by atoms with van der Waals surface area (Å²) < 4.78 is 5.91. The number of hydrogen-bond acceptors (Lipinski definition) is 4. The molecule has 21 heavy (non-hydrogen) atoms. The molecule has 1 unspecified atom stereocenters. The number of aliphatic hydroxyl groups excluding tert-OH is 1. The first kappa shape index (κ1) is 14.5. The van der Waals surface area contributed by atoms with Gasteiger partial charge in [-0.05, 0) is 19.1 Å². The Morgan fingerprint density at radius 2 is 2.05 bits per heavy atom. The molecule has 3 rings (SSSR count). The number of ether oxygens (including phenoxy) is 1. The van der Waals surface area contributed by atoms with Gasteiger partial charge in [-0.3, -0.25) is 9.69 Å². The second kappa shape index (κ2) is 5.75. The highest BCUT2D eigenvalue weighted by Gasteiger charge is 2.48. The van der Waals surface area contributed by atoms with Gasteiger partial charge in [-0.1, -0.05) is 18.2 Å². The zero-order valence-electron chi connectivity index (χ0n) is 12.4. The summed E-state index contributed by atoms with van der Waals surface area (Å²) >= 11 is 0. The van der Waals surface area contributed by atoms with Gasteiger partial charge in [0.1, 0.15) is 5.60 Å². The Labute approximate surface area is 125 Å². The van der Waals surface area contributed by atoms with Crippen molar-refractivity contribution in [3.8, 4) is 0 Å². The fraction of sp³-hybridized carbons (Fsp3) is 0.562. The molecule has 5 nitrogen and oxygen atoms in total. The van der Waals surface area contributed by atoms with E-state index in [0.29, 0.717) is 26.2 Å². The van der Waals surface area contributed by atoms with Crippen molar-refractivity contribution in [1.82, 2.24) is 9.80 Å². The zero-order chi connectivity index (χ0) is 14.9. The van der Waals surface area contributed by atoms with Crippen LogP contribution in [0.15, 0.2) is 30.3 Å². The monoisotopic (exact) mass is 290 g/mol. The van der Waals surface area contributed by atoms with Gasteiger partial charge in [-0.25, -0.2) is 0 Å². The third-order valence-electron chi connectivity index (χ3n) is 4.10. The standard InChI is InChI=1S/C16H22N2O3/c1-13(19)9-17-10-16(11-17)12-18(7-8-21-16)15(20)14-5-3-2-4-6-14/h2-6,13,19H,7-12H2,1H3. The number of benzene rings is 1. The lowest BCUT2D eigenvalue weighted by atomic mass is 9.91. The molecular formula is C16H22N2O3. The molecule has 114 valence electrons. The molecule has 2 aliphatic rings. The lowest BCUT2D eigenvalue weighted by Crippen LogP contribution is -2.71.